The van der Waals surface area contributed by atoms with E-state index in [1.165, 1.54) is 19.3 Å². The zero-order valence-corrected chi connectivity index (χ0v) is 13.1. The fraction of sp³-hybridized carbons (Fsp3) is 0.688. The number of hydrogen-bond acceptors (Lipinski definition) is 5. The van der Waals surface area contributed by atoms with Crippen LogP contribution in [0.2, 0.25) is 0 Å². The Morgan fingerprint density at radius 2 is 2.05 bits per heavy atom. The second-order valence-electron chi connectivity index (χ2n) is 6.50. The van der Waals surface area contributed by atoms with Gasteiger partial charge >= 0.3 is 0 Å². The molecule has 0 radical (unpaired) electrons. The molecule has 6 nitrogen and oxygen atoms in total. The second-order valence-corrected chi connectivity index (χ2v) is 6.50. The molecule has 0 bridgehead atoms. The smallest absolute Gasteiger partial charge is 0.242 e. The first-order valence-electron chi connectivity index (χ1n) is 7.90. The van der Waals surface area contributed by atoms with E-state index < -0.39 is 5.41 Å². The highest BCUT2D eigenvalue weighted by Crippen LogP contribution is 2.38. The summed E-state index contributed by atoms with van der Waals surface area (Å²) in [6.07, 6.45) is 5.18. The molecular weight excluding hydrogens is 284 g/mol. The first-order valence-corrected chi connectivity index (χ1v) is 7.90. The van der Waals surface area contributed by atoms with Crippen LogP contribution in [0, 0.1) is 12.8 Å². The van der Waals surface area contributed by atoms with E-state index in [1.807, 2.05) is 0 Å². The fourth-order valence-electron chi connectivity index (χ4n) is 3.05. The van der Waals surface area contributed by atoms with Crippen LogP contribution in [0.15, 0.2) is 4.42 Å². The molecule has 1 saturated heterocycles. The van der Waals surface area contributed by atoms with Crippen molar-refractivity contribution in [3.8, 4) is 0 Å². The van der Waals surface area contributed by atoms with Gasteiger partial charge in [0.2, 0.25) is 11.8 Å². The number of imide groups is 1. The molecular formula is C16H22N2O4. The second kappa shape index (κ2) is 5.83. The average Bonchev–Trinajstić information content (AvgIpc) is 2.83. The minimum atomic E-state index is -0.872. The molecule has 4 rings (SSSR count). The molecule has 1 saturated carbocycles. The van der Waals surface area contributed by atoms with E-state index in [1.54, 1.807) is 6.92 Å². The SMILES string of the molecule is CC1CCC1.Cc1nc2c(o1)C1(CCC(=O)NC1=O)COC2. The number of piperidine rings is 1. The Labute approximate surface area is 129 Å². The maximum Gasteiger partial charge on any atom is 0.242 e. The van der Waals surface area contributed by atoms with Crippen LogP contribution in [0.25, 0.3) is 0 Å². The summed E-state index contributed by atoms with van der Waals surface area (Å²) >= 11 is 0. The summed E-state index contributed by atoms with van der Waals surface area (Å²) < 4.78 is 11.0. The molecule has 120 valence electrons. The maximum atomic E-state index is 12.1. The van der Waals surface area contributed by atoms with E-state index in [0.29, 0.717) is 36.8 Å². The van der Waals surface area contributed by atoms with Gasteiger partial charge in [0.05, 0.1) is 13.2 Å². The largest absolute Gasteiger partial charge is 0.444 e. The number of carbonyl (C=O) groups is 2. The van der Waals surface area contributed by atoms with E-state index >= 15 is 0 Å². The summed E-state index contributed by atoms with van der Waals surface area (Å²) in [5, 5.41) is 2.34. The molecule has 2 amide bonds. The summed E-state index contributed by atoms with van der Waals surface area (Å²) in [5.41, 5.74) is -0.207. The van der Waals surface area contributed by atoms with E-state index in [0.717, 1.165) is 5.92 Å². The predicted octanol–water partition coefficient (Wildman–Crippen LogP) is 1.99. The summed E-state index contributed by atoms with van der Waals surface area (Å²) in [6.45, 7) is 4.64. The minimum Gasteiger partial charge on any atom is -0.444 e. The lowest BCUT2D eigenvalue weighted by molar-refractivity contribution is -0.142. The van der Waals surface area contributed by atoms with Crippen LogP contribution in [0.1, 0.15) is 56.4 Å². The highest BCUT2D eigenvalue weighted by Gasteiger charge is 2.51. The first-order chi connectivity index (χ1) is 10.5. The summed E-state index contributed by atoms with van der Waals surface area (Å²) in [4.78, 5) is 27.4. The molecule has 6 heteroatoms. The van der Waals surface area contributed by atoms with Crippen LogP contribution >= 0.6 is 0 Å². The van der Waals surface area contributed by atoms with Gasteiger partial charge in [0.1, 0.15) is 16.9 Å². The summed E-state index contributed by atoms with van der Waals surface area (Å²) in [6, 6.07) is 0. The molecule has 3 heterocycles. The van der Waals surface area contributed by atoms with Crippen molar-refractivity contribution < 1.29 is 18.7 Å². The third-order valence-electron chi connectivity index (χ3n) is 4.69. The van der Waals surface area contributed by atoms with Gasteiger partial charge in [-0.2, -0.15) is 0 Å². The number of aromatic nitrogens is 1. The Bertz CT molecular complexity index is 591. The van der Waals surface area contributed by atoms with Crippen LogP contribution < -0.4 is 5.32 Å². The molecule has 1 aromatic rings. The number of nitrogens with one attached hydrogen (secondary N) is 1. The highest BCUT2D eigenvalue weighted by molar-refractivity contribution is 6.03. The zero-order valence-electron chi connectivity index (χ0n) is 13.1. The maximum absolute atomic E-state index is 12.1. The van der Waals surface area contributed by atoms with Crippen molar-refractivity contribution in [1.29, 1.82) is 0 Å². The summed E-state index contributed by atoms with van der Waals surface area (Å²) in [5.74, 6) is 1.56. The quantitative estimate of drug-likeness (QED) is 0.741. The van der Waals surface area contributed by atoms with Gasteiger partial charge in [0.15, 0.2) is 5.89 Å². The van der Waals surface area contributed by atoms with Crippen LogP contribution in [-0.2, 0) is 26.3 Å². The lowest BCUT2D eigenvalue weighted by atomic mass is 9.76. The van der Waals surface area contributed by atoms with Gasteiger partial charge in [0.25, 0.3) is 0 Å². The van der Waals surface area contributed by atoms with Gasteiger partial charge in [-0.25, -0.2) is 4.98 Å². The number of hydrogen-bond donors (Lipinski definition) is 1. The van der Waals surface area contributed by atoms with E-state index in [4.69, 9.17) is 9.15 Å². The molecule has 0 aromatic carbocycles. The third-order valence-corrected chi connectivity index (χ3v) is 4.69. The van der Waals surface area contributed by atoms with Gasteiger partial charge in [-0.05, 0) is 12.3 Å². The van der Waals surface area contributed by atoms with Gasteiger partial charge < -0.3 is 9.15 Å². The molecule has 22 heavy (non-hydrogen) atoms. The zero-order chi connectivity index (χ0) is 15.7. The lowest BCUT2D eigenvalue weighted by Gasteiger charge is -2.35. The summed E-state index contributed by atoms with van der Waals surface area (Å²) in [7, 11) is 0. The van der Waals surface area contributed by atoms with E-state index in [2.05, 4.69) is 17.2 Å². The Morgan fingerprint density at radius 1 is 1.32 bits per heavy atom. The molecule has 1 aliphatic carbocycles. The Balaban J connectivity index is 0.000000246. The van der Waals surface area contributed by atoms with Gasteiger partial charge in [-0.15, -0.1) is 0 Å². The highest BCUT2D eigenvalue weighted by atomic mass is 16.5. The molecule has 3 aliphatic rings. The number of amides is 2. The monoisotopic (exact) mass is 306 g/mol. The van der Waals surface area contributed by atoms with Crippen molar-refractivity contribution in [2.24, 2.45) is 5.92 Å². The lowest BCUT2D eigenvalue weighted by Crippen LogP contribution is -2.55. The Morgan fingerprint density at radius 3 is 2.64 bits per heavy atom. The molecule has 1 aromatic heterocycles. The van der Waals surface area contributed by atoms with Crippen LogP contribution in [0.3, 0.4) is 0 Å². The number of carbonyl (C=O) groups excluding carboxylic acids is 2. The number of nitrogens with zero attached hydrogens (tertiary/aromatic N) is 1. The molecule has 1 atom stereocenters. The van der Waals surface area contributed by atoms with Crippen LogP contribution in [0.4, 0.5) is 0 Å². The van der Waals surface area contributed by atoms with E-state index in [9.17, 15) is 9.59 Å². The van der Waals surface area contributed by atoms with Crippen molar-refractivity contribution in [3.63, 3.8) is 0 Å². The average molecular weight is 306 g/mol. The van der Waals surface area contributed by atoms with E-state index in [-0.39, 0.29) is 18.4 Å². The van der Waals surface area contributed by atoms with Gasteiger partial charge in [0, 0.05) is 13.3 Å². The van der Waals surface area contributed by atoms with Gasteiger partial charge in [-0.1, -0.05) is 26.2 Å². The first kappa shape index (κ1) is 15.2. The Hall–Kier alpha value is -1.69. The van der Waals surface area contributed by atoms with Crippen molar-refractivity contribution in [2.75, 3.05) is 6.61 Å². The topological polar surface area (TPSA) is 81.4 Å². The molecule has 2 fully saturated rings. The van der Waals surface area contributed by atoms with Crippen molar-refractivity contribution in [3.05, 3.63) is 17.3 Å². The third kappa shape index (κ3) is 2.67. The predicted molar refractivity (Wildman–Crippen MR) is 78.0 cm³/mol. The van der Waals surface area contributed by atoms with Crippen molar-refractivity contribution in [1.82, 2.24) is 10.3 Å². The van der Waals surface area contributed by atoms with Crippen LogP contribution in [0.5, 0.6) is 0 Å². The fourth-order valence-corrected chi connectivity index (χ4v) is 3.05. The van der Waals surface area contributed by atoms with Crippen LogP contribution in [-0.4, -0.2) is 23.4 Å². The molecule has 1 unspecified atom stereocenters. The molecule has 2 aliphatic heterocycles. The standard InChI is InChI=1S/C11H12N2O4.C5H10/c1-6-12-7-4-16-5-11(9(7)17-6)3-2-8(14)13-10(11)15;1-5-3-2-4-5/h2-5H2,1H3,(H,13,14,15);5H,2-4H2,1H3. The minimum absolute atomic E-state index is 0.244. The number of ether oxygens (including phenoxy) is 1. The van der Waals surface area contributed by atoms with Gasteiger partial charge in [-0.3, -0.25) is 14.9 Å². The molecule has 1 N–H and O–H groups in total. The number of rotatable bonds is 0. The number of fused-ring (bicyclic) bond motifs is 2. The number of oxazole rings is 1. The van der Waals surface area contributed by atoms with Crippen molar-refractivity contribution in [2.45, 2.75) is 58.0 Å². The Kier molecular flexibility index (Phi) is 4.04. The molecule has 1 spiro atoms. The number of aryl methyl sites for hydroxylation is 1. The normalized spacial score (nSPS) is 27.5. The van der Waals surface area contributed by atoms with Crippen molar-refractivity contribution >= 4 is 11.8 Å².